The van der Waals surface area contributed by atoms with Gasteiger partial charge in [-0.3, -0.25) is 4.98 Å². The van der Waals surface area contributed by atoms with Crippen LogP contribution in [0.3, 0.4) is 0 Å². The Morgan fingerprint density at radius 1 is 1.13 bits per heavy atom. The number of nitrogens with one attached hydrogen (secondary N) is 1. The van der Waals surface area contributed by atoms with Crippen LogP contribution in [0, 0.1) is 11.8 Å². The third kappa shape index (κ3) is 2.86. The molecular weight excluding hydrogens is 290 g/mol. The van der Waals surface area contributed by atoms with E-state index < -0.39 is 0 Å². The highest BCUT2D eigenvalue weighted by atomic mass is 16.2. The van der Waals surface area contributed by atoms with Crippen molar-refractivity contribution in [3.05, 3.63) is 53.9 Å². The molecule has 1 aliphatic rings. The number of pyridine rings is 1. The molecule has 0 aliphatic carbocycles. The van der Waals surface area contributed by atoms with Gasteiger partial charge in [-0.2, -0.15) is 0 Å². The van der Waals surface area contributed by atoms with Crippen LogP contribution in [0.15, 0.2) is 37.1 Å². The van der Waals surface area contributed by atoms with E-state index in [-0.39, 0.29) is 17.6 Å². The molecule has 0 saturated carbocycles. The summed E-state index contributed by atoms with van der Waals surface area (Å²) in [5, 5.41) is 2.96. The Bertz CT molecular complexity index is 774. The Morgan fingerprint density at radius 2 is 1.83 bits per heavy atom. The van der Waals surface area contributed by atoms with Crippen LogP contribution in [-0.2, 0) is 0 Å². The van der Waals surface area contributed by atoms with Crippen LogP contribution >= 0.6 is 0 Å². The molecule has 0 bridgehead atoms. The topological polar surface area (TPSA) is 71.0 Å². The fourth-order valence-corrected chi connectivity index (χ4v) is 2.45. The smallest absolute Gasteiger partial charge is 0.318 e. The number of likely N-dealkylation sites (N-methyl/N-ethyl adjacent to an activating group) is 1. The standard InChI is InChI=1S/C17H17N5O/c1-17(2)15(21-16(23)22(17)3)14-7-6-12(10-20-14)4-5-13-8-18-11-19-9-13/h6-11,15H,1-3H3,(H,21,23). The molecule has 1 N–H and O–H groups in total. The average Bonchev–Trinajstić information content (AvgIpc) is 2.77. The van der Waals surface area contributed by atoms with Gasteiger partial charge < -0.3 is 10.2 Å². The maximum Gasteiger partial charge on any atom is 0.318 e. The van der Waals surface area contributed by atoms with Gasteiger partial charge in [-0.05, 0) is 26.0 Å². The van der Waals surface area contributed by atoms with Crippen molar-refractivity contribution in [1.29, 1.82) is 0 Å². The highest BCUT2D eigenvalue weighted by Crippen LogP contribution is 2.34. The molecule has 0 spiro atoms. The summed E-state index contributed by atoms with van der Waals surface area (Å²) in [6, 6.07) is 3.57. The van der Waals surface area contributed by atoms with Gasteiger partial charge in [0.25, 0.3) is 0 Å². The number of aromatic nitrogens is 3. The van der Waals surface area contributed by atoms with Crippen LogP contribution in [-0.4, -0.2) is 38.5 Å². The van der Waals surface area contributed by atoms with Gasteiger partial charge in [0.05, 0.1) is 22.8 Å². The van der Waals surface area contributed by atoms with Gasteiger partial charge in [-0.25, -0.2) is 14.8 Å². The molecule has 2 amide bonds. The van der Waals surface area contributed by atoms with Crippen LogP contribution in [0.2, 0.25) is 0 Å². The lowest BCUT2D eigenvalue weighted by atomic mass is 9.92. The minimum atomic E-state index is -0.335. The summed E-state index contributed by atoms with van der Waals surface area (Å²) in [6.45, 7) is 4.03. The molecule has 1 aliphatic heterocycles. The third-order valence-corrected chi connectivity index (χ3v) is 4.14. The highest BCUT2D eigenvalue weighted by Gasteiger charge is 2.45. The summed E-state index contributed by atoms with van der Waals surface area (Å²) in [4.78, 5) is 25.9. The van der Waals surface area contributed by atoms with Crippen molar-refractivity contribution in [2.24, 2.45) is 0 Å². The molecule has 3 rings (SSSR count). The normalized spacial score (nSPS) is 19.0. The lowest BCUT2D eigenvalue weighted by molar-refractivity contribution is 0.187. The first-order chi connectivity index (χ1) is 11.0. The predicted molar refractivity (Wildman–Crippen MR) is 85.4 cm³/mol. The van der Waals surface area contributed by atoms with E-state index in [2.05, 4.69) is 32.1 Å². The zero-order chi connectivity index (χ0) is 16.4. The Balaban J connectivity index is 1.81. The lowest BCUT2D eigenvalue weighted by Gasteiger charge is -2.30. The maximum absolute atomic E-state index is 11.9. The van der Waals surface area contributed by atoms with Crippen molar-refractivity contribution >= 4 is 6.03 Å². The molecule has 0 aromatic carbocycles. The van der Waals surface area contributed by atoms with Crippen molar-refractivity contribution in [2.45, 2.75) is 25.4 Å². The minimum Gasteiger partial charge on any atom is -0.327 e. The highest BCUT2D eigenvalue weighted by molar-refractivity contribution is 5.78. The SMILES string of the molecule is CN1C(=O)NC(c2ccc(C#Cc3cncnc3)cn2)C1(C)C. The van der Waals surface area contributed by atoms with Gasteiger partial charge in [0.2, 0.25) is 0 Å². The van der Waals surface area contributed by atoms with E-state index in [0.717, 1.165) is 16.8 Å². The molecule has 6 nitrogen and oxygen atoms in total. The number of carbonyl (C=O) groups excluding carboxylic acids is 1. The van der Waals surface area contributed by atoms with E-state index in [1.165, 1.54) is 6.33 Å². The first-order valence-corrected chi connectivity index (χ1v) is 7.26. The number of rotatable bonds is 1. The molecule has 2 aromatic heterocycles. The number of carbonyl (C=O) groups is 1. The van der Waals surface area contributed by atoms with E-state index in [9.17, 15) is 4.79 Å². The van der Waals surface area contributed by atoms with E-state index in [1.54, 1.807) is 30.5 Å². The fourth-order valence-electron chi connectivity index (χ4n) is 2.45. The van der Waals surface area contributed by atoms with Crippen LogP contribution < -0.4 is 5.32 Å². The van der Waals surface area contributed by atoms with Gasteiger partial charge >= 0.3 is 6.03 Å². The Morgan fingerprint density at radius 3 is 2.39 bits per heavy atom. The molecule has 3 heterocycles. The fraction of sp³-hybridized carbons (Fsp3) is 0.294. The van der Waals surface area contributed by atoms with Crippen molar-refractivity contribution in [3.63, 3.8) is 0 Å². The number of urea groups is 1. The number of nitrogens with zero attached hydrogens (tertiary/aromatic N) is 4. The zero-order valence-corrected chi connectivity index (χ0v) is 13.2. The van der Waals surface area contributed by atoms with Crippen molar-refractivity contribution in [3.8, 4) is 11.8 Å². The van der Waals surface area contributed by atoms with E-state index in [1.807, 2.05) is 26.0 Å². The average molecular weight is 307 g/mol. The van der Waals surface area contributed by atoms with E-state index in [4.69, 9.17) is 0 Å². The van der Waals surface area contributed by atoms with Crippen molar-refractivity contribution < 1.29 is 4.79 Å². The molecular formula is C17H17N5O. The minimum absolute atomic E-state index is 0.0882. The number of amides is 2. The molecule has 23 heavy (non-hydrogen) atoms. The van der Waals surface area contributed by atoms with E-state index >= 15 is 0 Å². The second-order valence-corrected chi connectivity index (χ2v) is 5.94. The van der Waals surface area contributed by atoms with E-state index in [0.29, 0.717) is 0 Å². The van der Waals surface area contributed by atoms with Crippen LogP contribution in [0.5, 0.6) is 0 Å². The molecule has 116 valence electrons. The van der Waals surface area contributed by atoms with Gasteiger partial charge in [0.15, 0.2) is 0 Å². The quantitative estimate of drug-likeness (QED) is 0.815. The van der Waals surface area contributed by atoms with Crippen LogP contribution in [0.4, 0.5) is 4.79 Å². The molecule has 6 heteroatoms. The predicted octanol–water partition coefficient (Wildman–Crippen LogP) is 1.75. The molecule has 0 radical (unpaired) electrons. The summed E-state index contributed by atoms with van der Waals surface area (Å²) in [6.07, 6.45) is 6.51. The summed E-state index contributed by atoms with van der Waals surface area (Å²) in [5.74, 6) is 6.01. The number of hydrogen-bond acceptors (Lipinski definition) is 4. The Labute approximate surface area is 135 Å². The van der Waals surface area contributed by atoms with Gasteiger partial charge in [0, 0.05) is 31.2 Å². The summed E-state index contributed by atoms with van der Waals surface area (Å²) in [5.41, 5.74) is 2.04. The Hall–Kier alpha value is -2.94. The molecule has 1 unspecified atom stereocenters. The van der Waals surface area contributed by atoms with Gasteiger partial charge in [-0.1, -0.05) is 11.8 Å². The summed E-state index contributed by atoms with van der Waals surface area (Å²) < 4.78 is 0. The summed E-state index contributed by atoms with van der Waals surface area (Å²) >= 11 is 0. The monoisotopic (exact) mass is 307 g/mol. The van der Waals surface area contributed by atoms with Crippen LogP contribution in [0.25, 0.3) is 0 Å². The number of hydrogen-bond donors (Lipinski definition) is 1. The largest absolute Gasteiger partial charge is 0.327 e. The van der Waals surface area contributed by atoms with Crippen molar-refractivity contribution in [2.75, 3.05) is 7.05 Å². The molecule has 1 fully saturated rings. The first kappa shape index (κ1) is 15.0. The maximum atomic E-state index is 11.9. The van der Waals surface area contributed by atoms with Crippen molar-refractivity contribution in [1.82, 2.24) is 25.2 Å². The zero-order valence-electron chi connectivity index (χ0n) is 13.2. The molecule has 1 saturated heterocycles. The van der Waals surface area contributed by atoms with Crippen LogP contribution in [0.1, 0.15) is 36.7 Å². The first-order valence-electron chi connectivity index (χ1n) is 7.26. The Kier molecular flexibility index (Phi) is 3.70. The van der Waals surface area contributed by atoms with Gasteiger partial charge in [0.1, 0.15) is 6.33 Å². The molecule has 2 aromatic rings. The van der Waals surface area contributed by atoms with Gasteiger partial charge in [-0.15, -0.1) is 0 Å². The second-order valence-electron chi connectivity index (χ2n) is 5.94. The third-order valence-electron chi connectivity index (χ3n) is 4.14. The molecule has 1 atom stereocenters. The summed E-state index contributed by atoms with van der Waals surface area (Å²) in [7, 11) is 1.79. The lowest BCUT2D eigenvalue weighted by Crippen LogP contribution is -2.40. The second kappa shape index (κ2) is 5.69.